The minimum absolute atomic E-state index is 0.130. The highest BCUT2D eigenvalue weighted by Gasteiger charge is 2.27. The first-order valence-electron chi connectivity index (χ1n) is 11.9. The number of carbonyl (C=O) groups excluding carboxylic acids is 1. The predicted octanol–water partition coefficient (Wildman–Crippen LogP) is 6.36. The molecule has 1 unspecified atom stereocenters. The van der Waals surface area contributed by atoms with E-state index in [0.717, 1.165) is 35.1 Å². The average Bonchev–Trinajstić information content (AvgIpc) is 2.74. The van der Waals surface area contributed by atoms with Crippen LogP contribution in [0.5, 0.6) is 5.75 Å². The lowest BCUT2D eigenvalue weighted by Gasteiger charge is -2.30. The summed E-state index contributed by atoms with van der Waals surface area (Å²) in [6, 6.07) is 13.2. The number of unbranched alkanes of at least 4 members (excludes halogenated alkanes) is 1. The minimum atomic E-state index is -0.384. The normalized spacial score (nSPS) is 13.3. The summed E-state index contributed by atoms with van der Waals surface area (Å²) in [5.41, 5.74) is 3.06. The molecule has 2 rings (SSSR count). The smallest absolute Gasteiger partial charge is 0.247 e. The summed E-state index contributed by atoms with van der Waals surface area (Å²) in [7, 11) is 0. The molecule has 0 aliphatic carbocycles. The second kappa shape index (κ2) is 11.0. The number of aromatic hydroxyl groups is 1. The number of aliphatic hydroxyl groups excluding tert-OH is 1. The summed E-state index contributed by atoms with van der Waals surface area (Å²) in [6.07, 6.45) is 5.24. The molecule has 0 aliphatic rings. The quantitative estimate of drug-likeness (QED) is 0.459. The van der Waals surface area contributed by atoms with Gasteiger partial charge < -0.3 is 15.1 Å². The molecule has 0 aliphatic heterocycles. The highest BCUT2D eigenvalue weighted by Crippen LogP contribution is 2.40. The van der Waals surface area contributed by atoms with Crippen LogP contribution in [0.4, 0.5) is 0 Å². The molecule has 2 N–H and O–H groups in total. The molecule has 0 saturated heterocycles. The Kier molecular flexibility index (Phi) is 8.90. The molecule has 180 valence electrons. The molecule has 1 atom stereocenters. The third kappa shape index (κ3) is 6.94. The van der Waals surface area contributed by atoms with Crippen molar-refractivity contribution in [1.82, 2.24) is 4.90 Å². The molecule has 0 bridgehead atoms. The van der Waals surface area contributed by atoms with Gasteiger partial charge in [-0.15, -0.1) is 0 Å². The number of hydrogen-bond acceptors (Lipinski definition) is 3. The maximum Gasteiger partial charge on any atom is 0.247 e. The van der Waals surface area contributed by atoms with E-state index in [2.05, 4.69) is 48.5 Å². The van der Waals surface area contributed by atoms with Crippen molar-refractivity contribution in [1.29, 1.82) is 0 Å². The Balaban J connectivity index is 2.45. The first-order valence-corrected chi connectivity index (χ1v) is 11.9. The van der Waals surface area contributed by atoms with Gasteiger partial charge in [-0.1, -0.05) is 85.2 Å². The minimum Gasteiger partial charge on any atom is -0.507 e. The zero-order valence-corrected chi connectivity index (χ0v) is 21.4. The summed E-state index contributed by atoms with van der Waals surface area (Å²) in [6.45, 7) is 15.0. The van der Waals surface area contributed by atoms with Gasteiger partial charge in [0.2, 0.25) is 5.91 Å². The van der Waals surface area contributed by atoms with E-state index in [1.807, 2.05) is 48.5 Å². The van der Waals surface area contributed by atoms with E-state index in [9.17, 15) is 15.0 Å². The van der Waals surface area contributed by atoms with Gasteiger partial charge in [-0.3, -0.25) is 4.79 Å². The molecule has 0 aromatic heterocycles. The molecule has 4 heteroatoms. The number of amides is 1. The highest BCUT2D eigenvalue weighted by molar-refractivity contribution is 5.92. The molecule has 0 fully saturated rings. The molecular formula is C29H41NO3. The number of benzene rings is 2. The van der Waals surface area contributed by atoms with Gasteiger partial charge in [0.25, 0.3) is 0 Å². The van der Waals surface area contributed by atoms with Crippen LogP contribution in [0, 0.1) is 0 Å². The molecule has 2 aromatic rings. The van der Waals surface area contributed by atoms with Crippen LogP contribution >= 0.6 is 0 Å². The lowest BCUT2D eigenvalue weighted by molar-refractivity contribution is -0.129. The summed E-state index contributed by atoms with van der Waals surface area (Å²) in [5, 5.41) is 21.1. The lowest BCUT2D eigenvalue weighted by Crippen LogP contribution is -2.36. The molecular weight excluding hydrogens is 410 g/mol. The van der Waals surface area contributed by atoms with Gasteiger partial charge in [0, 0.05) is 23.7 Å². The van der Waals surface area contributed by atoms with Crippen molar-refractivity contribution in [3.8, 4) is 5.75 Å². The van der Waals surface area contributed by atoms with Crippen LogP contribution in [0.25, 0.3) is 6.08 Å². The molecule has 0 heterocycles. The van der Waals surface area contributed by atoms with Crippen LogP contribution in [0.15, 0.2) is 48.5 Å². The first-order chi connectivity index (χ1) is 15.4. The largest absolute Gasteiger partial charge is 0.507 e. The number of rotatable bonds is 8. The van der Waals surface area contributed by atoms with Gasteiger partial charge in [0.1, 0.15) is 5.75 Å². The third-order valence-corrected chi connectivity index (χ3v) is 5.94. The van der Waals surface area contributed by atoms with E-state index in [1.165, 1.54) is 0 Å². The van der Waals surface area contributed by atoms with Gasteiger partial charge in [-0.05, 0) is 46.6 Å². The Morgan fingerprint density at radius 3 is 2.00 bits per heavy atom. The Morgan fingerprint density at radius 2 is 1.55 bits per heavy atom. The van der Waals surface area contributed by atoms with Gasteiger partial charge >= 0.3 is 0 Å². The van der Waals surface area contributed by atoms with Crippen LogP contribution < -0.4 is 0 Å². The summed E-state index contributed by atoms with van der Waals surface area (Å²) >= 11 is 0. The predicted molar refractivity (Wildman–Crippen MR) is 137 cm³/mol. The van der Waals surface area contributed by atoms with Crippen molar-refractivity contribution < 1.29 is 15.0 Å². The van der Waals surface area contributed by atoms with E-state index < -0.39 is 0 Å². The Labute approximate surface area is 200 Å². The van der Waals surface area contributed by atoms with Crippen LogP contribution in [0.2, 0.25) is 0 Å². The van der Waals surface area contributed by atoms with Crippen molar-refractivity contribution in [3.63, 3.8) is 0 Å². The monoisotopic (exact) mass is 451 g/mol. The highest BCUT2D eigenvalue weighted by atomic mass is 16.3. The molecule has 0 radical (unpaired) electrons. The topological polar surface area (TPSA) is 60.8 Å². The number of nitrogens with zero attached hydrogens (tertiary/aromatic N) is 1. The van der Waals surface area contributed by atoms with Gasteiger partial charge in [0.15, 0.2) is 0 Å². The zero-order chi connectivity index (χ0) is 24.8. The Hall–Kier alpha value is -2.59. The van der Waals surface area contributed by atoms with Gasteiger partial charge in [-0.25, -0.2) is 0 Å². The second-order valence-corrected chi connectivity index (χ2v) is 10.8. The SMILES string of the molecule is CCCCN(C(=O)/C=C/c1cc(C(C)(C)C)c(O)c(C(C)(C)C)c1)C(CO)c1ccccc1. The number of phenolic OH excluding ortho intramolecular Hbond substituents is 1. The molecule has 1 amide bonds. The Morgan fingerprint density at radius 1 is 1.00 bits per heavy atom. The zero-order valence-electron chi connectivity index (χ0n) is 21.4. The first kappa shape index (κ1) is 26.7. The van der Waals surface area contributed by atoms with Crippen LogP contribution in [0.1, 0.15) is 89.6 Å². The van der Waals surface area contributed by atoms with E-state index in [-0.39, 0.29) is 29.4 Å². The molecule has 2 aromatic carbocycles. The van der Waals surface area contributed by atoms with E-state index in [1.54, 1.807) is 11.0 Å². The second-order valence-electron chi connectivity index (χ2n) is 10.8. The molecule has 0 spiro atoms. The van der Waals surface area contributed by atoms with Gasteiger partial charge in [0.05, 0.1) is 12.6 Å². The number of aliphatic hydroxyl groups is 1. The van der Waals surface area contributed by atoms with Crippen LogP contribution in [-0.2, 0) is 15.6 Å². The van der Waals surface area contributed by atoms with E-state index in [0.29, 0.717) is 12.3 Å². The summed E-state index contributed by atoms with van der Waals surface area (Å²) < 4.78 is 0. The van der Waals surface area contributed by atoms with Crippen molar-refractivity contribution >= 4 is 12.0 Å². The Bertz CT molecular complexity index is 914. The van der Waals surface area contributed by atoms with E-state index in [4.69, 9.17) is 0 Å². The van der Waals surface area contributed by atoms with E-state index >= 15 is 0 Å². The van der Waals surface area contributed by atoms with Crippen LogP contribution in [0.3, 0.4) is 0 Å². The third-order valence-electron chi connectivity index (χ3n) is 5.94. The maximum absolute atomic E-state index is 13.3. The van der Waals surface area contributed by atoms with Crippen molar-refractivity contribution in [2.75, 3.05) is 13.2 Å². The number of hydrogen-bond donors (Lipinski definition) is 2. The molecule has 4 nitrogen and oxygen atoms in total. The fourth-order valence-electron chi connectivity index (χ4n) is 3.97. The van der Waals surface area contributed by atoms with Crippen molar-refractivity contribution in [3.05, 3.63) is 70.8 Å². The van der Waals surface area contributed by atoms with Crippen LogP contribution in [-0.4, -0.2) is 34.2 Å². The van der Waals surface area contributed by atoms with Crippen molar-refractivity contribution in [2.45, 2.75) is 78.2 Å². The number of carbonyl (C=O) groups is 1. The summed E-state index contributed by atoms with van der Waals surface area (Å²) in [4.78, 5) is 15.1. The summed E-state index contributed by atoms with van der Waals surface area (Å²) in [5.74, 6) is 0.196. The molecule has 33 heavy (non-hydrogen) atoms. The standard InChI is InChI=1S/C29H41NO3/c1-8-9-17-30(25(20-31)22-13-11-10-12-14-22)26(32)16-15-21-18-23(28(2,3)4)27(33)24(19-21)29(5,6)7/h10-16,18-19,25,31,33H,8-9,17,20H2,1-7H3/b16-15+. The average molecular weight is 452 g/mol. The van der Waals surface area contributed by atoms with Gasteiger partial charge in [-0.2, -0.15) is 0 Å². The molecule has 0 saturated carbocycles. The lowest BCUT2D eigenvalue weighted by atomic mass is 9.78. The fraction of sp³-hybridized carbons (Fsp3) is 0.483. The van der Waals surface area contributed by atoms with Crippen molar-refractivity contribution in [2.24, 2.45) is 0 Å². The maximum atomic E-state index is 13.3. The fourth-order valence-corrected chi connectivity index (χ4v) is 3.97. The number of phenols is 1.